The Morgan fingerprint density at radius 1 is 1.05 bits per heavy atom. The average molecular weight is 286 g/mol. The van der Waals surface area contributed by atoms with Crippen molar-refractivity contribution in [2.45, 2.75) is 26.9 Å². The smallest absolute Gasteiger partial charge is 0.303 e. The van der Waals surface area contributed by atoms with E-state index in [9.17, 15) is 9.59 Å². The molecular weight excluding hydrogens is 268 g/mol. The van der Waals surface area contributed by atoms with Gasteiger partial charge in [0, 0.05) is 13.8 Å². The van der Waals surface area contributed by atoms with Gasteiger partial charge >= 0.3 is 11.9 Å². The highest BCUT2D eigenvalue weighted by molar-refractivity contribution is 5.67. The van der Waals surface area contributed by atoms with Gasteiger partial charge < -0.3 is 9.47 Å². The minimum absolute atomic E-state index is 0.0141. The fraction of sp³-hybridized carbons (Fsp3) is 0.294. The molecule has 0 aromatic heterocycles. The summed E-state index contributed by atoms with van der Waals surface area (Å²) in [4.78, 5) is 21.6. The number of rotatable bonds is 5. The topological polar surface area (TPSA) is 52.6 Å². The van der Waals surface area contributed by atoms with Crippen molar-refractivity contribution in [1.29, 1.82) is 0 Å². The van der Waals surface area contributed by atoms with Crippen LogP contribution < -0.4 is 0 Å². The average Bonchev–Trinajstić information content (AvgIpc) is 2.42. The van der Waals surface area contributed by atoms with Crippen LogP contribution >= 0.6 is 0 Å². The summed E-state index contributed by atoms with van der Waals surface area (Å²) >= 11 is 0. The van der Waals surface area contributed by atoms with E-state index in [1.165, 1.54) is 13.8 Å². The van der Waals surface area contributed by atoms with Crippen LogP contribution in [0.25, 0.3) is 0 Å². The molecular formula is C17H18O4. The first-order valence-electron chi connectivity index (χ1n) is 6.32. The van der Waals surface area contributed by atoms with Crippen LogP contribution in [0, 0.1) is 23.7 Å². The van der Waals surface area contributed by atoms with E-state index in [0.717, 1.165) is 0 Å². The Balaban J connectivity index is 4.39. The SMILES string of the molecule is C/C=C/C#CC#C/C=C/C=C\C(COC(C)=O)OC(C)=O. The third-order valence-corrected chi connectivity index (χ3v) is 1.84. The minimum Gasteiger partial charge on any atom is -0.462 e. The van der Waals surface area contributed by atoms with Gasteiger partial charge in [0.15, 0.2) is 6.10 Å². The van der Waals surface area contributed by atoms with Crippen molar-refractivity contribution in [3.8, 4) is 23.7 Å². The van der Waals surface area contributed by atoms with Crippen LogP contribution in [-0.4, -0.2) is 24.6 Å². The van der Waals surface area contributed by atoms with Gasteiger partial charge in [-0.2, -0.15) is 0 Å². The number of hydrogen-bond acceptors (Lipinski definition) is 4. The van der Waals surface area contributed by atoms with Crippen LogP contribution in [0.3, 0.4) is 0 Å². The van der Waals surface area contributed by atoms with E-state index in [1.807, 2.05) is 13.0 Å². The molecule has 0 aromatic rings. The normalized spacial score (nSPS) is 11.6. The standard InChI is InChI=1S/C17H18O4/c1-4-5-6-7-8-9-10-11-12-13-17(21-16(3)19)14-20-15(2)18/h4-5,10-13,17H,14H2,1-3H3/b5-4+,11-10+,13-12-. The van der Waals surface area contributed by atoms with E-state index in [1.54, 1.807) is 30.4 Å². The van der Waals surface area contributed by atoms with Crippen LogP contribution in [0.1, 0.15) is 20.8 Å². The highest BCUT2D eigenvalue weighted by Crippen LogP contribution is 1.98. The molecule has 0 rings (SSSR count). The highest BCUT2D eigenvalue weighted by atomic mass is 16.6. The predicted molar refractivity (Wildman–Crippen MR) is 80.8 cm³/mol. The summed E-state index contributed by atoms with van der Waals surface area (Å²) in [6.07, 6.45) is 9.46. The molecule has 0 radical (unpaired) electrons. The summed E-state index contributed by atoms with van der Waals surface area (Å²) in [6.45, 7) is 4.44. The molecule has 0 aliphatic rings. The van der Waals surface area contributed by atoms with Crippen LogP contribution in [0.4, 0.5) is 0 Å². The van der Waals surface area contributed by atoms with Gasteiger partial charge in [0.05, 0.1) is 0 Å². The lowest BCUT2D eigenvalue weighted by Gasteiger charge is -2.12. The number of allylic oxidation sites excluding steroid dienone is 5. The molecule has 4 nitrogen and oxygen atoms in total. The minimum atomic E-state index is -0.613. The van der Waals surface area contributed by atoms with E-state index in [-0.39, 0.29) is 6.61 Å². The van der Waals surface area contributed by atoms with Gasteiger partial charge in [-0.15, -0.1) is 0 Å². The first kappa shape index (κ1) is 18.3. The third-order valence-electron chi connectivity index (χ3n) is 1.84. The number of esters is 2. The Morgan fingerprint density at radius 2 is 1.71 bits per heavy atom. The zero-order valence-electron chi connectivity index (χ0n) is 12.4. The molecule has 0 bridgehead atoms. The molecule has 4 heteroatoms. The Bertz CT molecular complexity index is 545. The molecule has 0 aliphatic heterocycles. The summed E-state index contributed by atoms with van der Waals surface area (Å²) in [5.41, 5.74) is 0. The molecule has 0 heterocycles. The predicted octanol–water partition coefficient (Wildman–Crippen LogP) is 2.18. The molecule has 0 saturated heterocycles. The van der Waals surface area contributed by atoms with Crippen LogP contribution in [0.2, 0.25) is 0 Å². The Kier molecular flexibility index (Phi) is 10.7. The van der Waals surface area contributed by atoms with Crippen molar-refractivity contribution in [2.75, 3.05) is 6.61 Å². The van der Waals surface area contributed by atoms with Crippen molar-refractivity contribution in [1.82, 2.24) is 0 Å². The second-order valence-corrected chi connectivity index (χ2v) is 3.73. The van der Waals surface area contributed by atoms with Crippen molar-refractivity contribution in [2.24, 2.45) is 0 Å². The van der Waals surface area contributed by atoms with E-state index >= 15 is 0 Å². The van der Waals surface area contributed by atoms with Crippen molar-refractivity contribution >= 4 is 11.9 Å². The first-order valence-corrected chi connectivity index (χ1v) is 6.32. The summed E-state index contributed by atoms with van der Waals surface area (Å²) in [5.74, 6) is 9.87. The van der Waals surface area contributed by atoms with Gasteiger partial charge in [0.2, 0.25) is 0 Å². The van der Waals surface area contributed by atoms with E-state index in [4.69, 9.17) is 9.47 Å². The van der Waals surface area contributed by atoms with Gasteiger partial charge in [-0.3, -0.25) is 9.59 Å². The number of carbonyl (C=O) groups excluding carboxylic acids is 2. The quantitative estimate of drug-likeness (QED) is 0.441. The second-order valence-electron chi connectivity index (χ2n) is 3.73. The number of hydrogen-bond donors (Lipinski definition) is 0. The van der Waals surface area contributed by atoms with Crippen molar-refractivity contribution in [3.63, 3.8) is 0 Å². The van der Waals surface area contributed by atoms with Crippen LogP contribution in [-0.2, 0) is 19.1 Å². The Morgan fingerprint density at radius 3 is 2.29 bits per heavy atom. The molecule has 0 amide bonds. The molecule has 0 N–H and O–H groups in total. The van der Waals surface area contributed by atoms with Gasteiger partial charge in [0.1, 0.15) is 6.61 Å². The van der Waals surface area contributed by atoms with Gasteiger partial charge in [-0.25, -0.2) is 0 Å². The Hall–Kier alpha value is -2.72. The fourth-order valence-electron chi connectivity index (χ4n) is 1.07. The lowest BCUT2D eigenvalue weighted by Crippen LogP contribution is -2.21. The van der Waals surface area contributed by atoms with E-state index in [2.05, 4.69) is 23.7 Å². The van der Waals surface area contributed by atoms with E-state index < -0.39 is 18.0 Å². The lowest BCUT2D eigenvalue weighted by molar-refractivity contribution is -0.153. The molecule has 0 aliphatic carbocycles. The highest BCUT2D eigenvalue weighted by Gasteiger charge is 2.09. The third kappa shape index (κ3) is 13.5. The van der Waals surface area contributed by atoms with Gasteiger partial charge in [0.25, 0.3) is 0 Å². The monoisotopic (exact) mass is 286 g/mol. The fourth-order valence-corrected chi connectivity index (χ4v) is 1.07. The Labute approximate surface area is 125 Å². The molecule has 21 heavy (non-hydrogen) atoms. The summed E-state index contributed by atoms with van der Waals surface area (Å²) in [5, 5.41) is 0. The largest absolute Gasteiger partial charge is 0.462 e. The molecule has 0 spiro atoms. The molecule has 0 aromatic carbocycles. The molecule has 110 valence electrons. The van der Waals surface area contributed by atoms with Crippen molar-refractivity contribution < 1.29 is 19.1 Å². The maximum absolute atomic E-state index is 10.9. The molecule has 1 unspecified atom stereocenters. The first-order chi connectivity index (χ1) is 10.1. The van der Waals surface area contributed by atoms with Crippen LogP contribution in [0.15, 0.2) is 36.5 Å². The van der Waals surface area contributed by atoms with Crippen LogP contribution in [0.5, 0.6) is 0 Å². The van der Waals surface area contributed by atoms with E-state index in [0.29, 0.717) is 0 Å². The lowest BCUT2D eigenvalue weighted by atomic mass is 10.3. The molecule has 0 fully saturated rings. The summed E-state index contributed by atoms with van der Waals surface area (Å²) < 4.78 is 9.76. The van der Waals surface area contributed by atoms with Crippen molar-refractivity contribution in [3.05, 3.63) is 36.5 Å². The zero-order valence-corrected chi connectivity index (χ0v) is 12.4. The molecule has 1 atom stereocenters. The maximum atomic E-state index is 10.9. The van der Waals surface area contributed by atoms with Gasteiger partial charge in [-0.05, 0) is 37.0 Å². The summed E-state index contributed by atoms with van der Waals surface area (Å²) in [7, 11) is 0. The number of ether oxygens (including phenoxy) is 2. The maximum Gasteiger partial charge on any atom is 0.303 e. The summed E-state index contributed by atoms with van der Waals surface area (Å²) in [6, 6.07) is 0. The van der Waals surface area contributed by atoms with Gasteiger partial charge in [-0.1, -0.05) is 30.1 Å². The zero-order chi connectivity index (χ0) is 15.9. The number of carbonyl (C=O) groups is 2. The second kappa shape index (κ2) is 12.3. The molecule has 0 saturated carbocycles.